The number of rotatable bonds is 4. The summed E-state index contributed by atoms with van der Waals surface area (Å²) in [4.78, 5) is 2.44. The third-order valence-corrected chi connectivity index (χ3v) is 5.68. The van der Waals surface area contributed by atoms with Crippen LogP contribution in [0.2, 0.25) is 0 Å². The van der Waals surface area contributed by atoms with Crippen LogP contribution in [0.25, 0.3) is 6.08 Å². The highest BCUT2D eigenvalue weighted by atomic mass is 16.7. The molecule has 0 radical (unpaired) electrons. The molecule has 0 unspecified atom stereocenters. The Labute approximate surface area is 152 Å². The van der Waals surface area contributed by atoms with Crippen molar-refractivity contribution in [1.29, 1.82) is 0 Å². The van der Waals surface area contributed by atoms with Gasteiger partial charge in [0.2, 0.25) is 0 Å². The summed E-state index contributed by atoms with van der Waals surface area (Å²) in [5.41, 5.74) is 2.28. The molecule has 0 atom stereocenters. The van der Waals surface area contributed by atoms with Gasteiger partial charge in [-0.1, -0.05) is 18.2 Å². The van der Waals surface area contributed by atoms with Crippen molar-refractivity contribution in [3.05, 3.63) is 35.3 Å². The molecule has 1 aromatic rings. The average molecular weight is 343 g/mol. The molecular formula is C20H30BNO3. The van der Waals surface area contributed by atoms with Crippen molar-refractivity contribution >= 4 is 18.9 Å². The lowest BCUT2D eigenvalue weighted by molar-refractivity contribution is 0.00578. The van der Waals surface area contributed by atoms with E-state index in [9.17, 15) is 5.11 Å². The van der Waals surface area contributed by atoms with Crippen LogP contribution in [0.4, 0.5) is 5.69 Å². The molecular weight excluding hydrogens is 313 g/mol. The molecule has 4 nitrogen and oxygen atoms in total. The van der Waals surface area contributed by atoms with Gasteiger partial charge >= 0.3 is 7.12 Å². The van der Waals surface area contributed by atoms with Gasteiger partial charge in [0, 0.05) is 18.8 Å². The molecule has 0 amide bonds. The lowest BCUT2D eigenvalue weighted by atomic mass is 9.77. The zero-order valence-electron chi connectivity index (χ0n) is 15.9. The van der Waals surface area contributed by atoms with Crippen LogP contribution in [0.3, 0.4) is 0 Å². The first-order chi connectivity index (χ1) is 11.8. The highest BCUT2D eigenvalue weighted by Crippen LogP contribution is 2.38. The monoisotopic (exact) mass is 343 g/mol. The van der Waals surface area contributed by atoms with Gasteiger partial charge < -0.3 is 19.3 Å². The quantitative estimate of drug-likeness (QED) is 0.847. The smallest absolute Gasteiger partial charge is 0.400 e. The van der Waals surface area contributed by atoms with Crippen molar-refractivity contribution in [2.45, 2.75) is 58.2 Å². The van der Waals surface area contributed by atoms with Gasteiger partial charge in [0.15, 0.2) is 0 Å². The van der Waals surface area contributed by atoms with E-state index >= 15 is 0 Å². The van der Waals surface area contributed by atoms with Crippen molar-refractivity contribution in [3.63, 3.8) is 0 Å². The van der Waals surface area contributed by atoms with Gasteiger partial charge in [-0.15, -0.1) is 0 Å². The van der Waals surface area contributed by atoms with Crippen molar-refractivity contribution in [1.82, 2.24) is 0 Å². The van der Waals surface area contributed by atoms with Crippen LogP contribution in [0.1, 0.15) is 52.5 Å². The minimum absolute atomic E-state index is 0.0786. The molecule has 136 valence electrons. The summed E-state index contributed by atoms with van der Waals surface area (Å²) in [7, 11) is -0.506. The largest absolute Gasteiger partial charge is 0.492 e. The van der Waals surface area contributed by atoms with E-state index < -0.39 is 18.3 Å². The van der Waals surface area contributed by atoms with E-state index in [-0.39, 0.29) is 6.61 Å². The maximum absolute atomic E-state index is 9.87. The highest BCUT2D eigenvalue weighted by molar-refractivity contribution is 6.55. The summed E-state index contributed by atoms with van der Waals surface area (Å²) >= 11 is 0. The van der Waals surface area contributed by atoms with Crippen LogP contribution >= 0.6 is 0 Å². The SMILES string of the molecule is CC1(C)OB(C(=Cc2cccc(N3CCCCC3)c2)CO)OC1(C)C. The fourth-order valence-corrected chi connectivity index (χ4v) is 3.36. The molecule has 2 saturated heterocycles. The molecule has 3 rings (SSSR count). The molecule has 5 heteroatoms. The van der Waals surface area contributed by atoms with Gasteiger partial charge in [-0.05, 0) is 70.1 Å². The Morgan fingerprint density at radius 2 is 1.76 bits per heavy atom. The molecule has 0 aliphatic carbocycles. The molecule has 2 fully saturated rings. The Kier molecular flexibility index (Phi) is 5.28. The third-order valence-electron chi connectivity index (χ3n) is 5.68. The minimum atomic E-state index is -0.506. The van der Waals surface area contributed by atoms with Crippen LogP contribution in [0.15, 0.2) is 29.7 Å². The Hall–Kier alpha value is -1.30. The van der Waals surface area contributed by atoms with Gasteiger partial charge in [0.05, 0.1) is 17.8 Å². The predicted molar refractivity (Wildman–Crippen MR) is 104 cm³/mol. The number of anilines is 1. The maximum atomic E-state index is 9.87. The molecule has 2 aliphatic heterocycles. The van der Waals surface area contributed by atoms with E-state index in [1.54, 1.807) is 0 Å². The summed E-state index contributed by atoms with van der Waals surface area (Å²) in [6, 6.07) is 8.49. The molecule has 25 heavy (non-hydrogen) atoms. The number of nitrogens with zero attached hydrogens (tertiary/aromatic N) is 1. The first-order valence-corrected chi connectivity index (χ1v) is 9.34. The Morgan fingerprint density at radius 1 is 1.12 bits per heavy atom. The second-order valence-electron chi connectivity index (χ2n) is 8.11. The molecule has 0 aromatic heterocycles. The number of benzene rings is 1. The molecule has 2 heterocycles. The third kappa shape index (κ3) is 3.94. The summed E-state index contributed by atoms with van der Waals surface area (Å²) in [5, 5.41) is 9.87. The van der Waals surface area contributed by atoms with Crippen LogP contribution < -0.4 is 4.90 Å². The Balaban J connectivity index is 1.81. The van der Waals surface area contributed by atoms with Gasteiger partial charge in [-0.3, -0.25) is 0 Å². The Morgan fingerprint density at radius 3 is 2.36 bits per heavy atom. The number of aliphatic hydroxyl groups is 1. The van der Waals surface area contributed by atoms with Gasteiger partial charge in [0.25, 0.3) is 0 Å². The molecule has 1 N–H and O–H groups in total. The van der Waals surface area contributed by atoms with E-state index in [0.717, 1.165) is 24.1 Å². The summed E-state index contributed by atoms with van der Waals surface area (Å²) < 4.78 is 12.1. The second kappa shape index (κ2) is 7.14. The van der Waals surface area contributed by atoms with E-state index in [4.69, 9.17) is 9.31 Å². The zero-order chi connectivity index (χ0) is 18.1. The fourth-order valence-electron chi connectivity index (χ4n) is 3.36. The van der Waals surface area contributed by atoms with Gasteiger partial charge in [-0.25, -0.2) is 0 Å². The van der Waals surface area contributed by atoms with Gasteiger partial charge in [0.1, 0.15) is 0 Å². The lowest BCUT2D eigenvalue weighted by Gasteiger charge is -2.32. The predicted octanol–water partition coefficient (Wildman–Crippen LogP) is 3.68. The number of hydrogen-bond acceptors (Lipinski definition) is 4. The summed E-state index contributed by atoms with van der Waals surface area (Å²) in [6.07, 6.45) is 5.84. The van der Waals surface area contributed by atoms with Crippen LogP contribution in [-0.4, -0.2) is 43.1 Å². The van der Waals surface area contributed by atoms with E-state index in [2.05, 4.69) is 29.2 Å². The van der Waals surface area contributed by atoms with Crippen LogP contribution in [0, 0.1) is 0 Å². The first kappa shape index (κ1) is 18.5. The van der Waals surface area contributed by atoms with E-state index in [1.807, 2.05) is 33.8 Å². The maximum Gasteiger partial charge on any atom is 0.492 e. The van der Waals surface area contributed by atoms with Crippen molar-refractivity contribution < 1.29 is 14.4 Å². The molecule has 2 aliphatic rings. The number of aliphatic hydroxyl groups excluding tert-OH is 1. The standard InChI is InChI=1S/C20H30BNO3/c1-19(2)20(3,4)25-21(24-19)17(15-23)13-16-9-8-10-18(14-16)22-11-6-5-7-12-22/h8-10,13-14,23H,5-7,11-12,15H2,1-4H3. The first-order valence-electron chi connectivity index (χ1n) is 9.34. The number of hydrogen-bond donors (Lipinski definition) is 1. The van der Waals surface area contributed by atoms with Crippen LogP contribution in [-0.2, 0) is 9.31 Å². The highest BCUT2D eigenvalue weighted by Gasteiger charge is 2.52. The topological polar surface area (TPSA) is 41.9 Å². The zero-order valence-corrected chi connectivity index (χ0v) is 15.9. The summed E-state index contributed by atoms with van der Waals surface area (Å²) in [6.45, 7) is 10.3. The van der Waals surface area contributed by atoms with Crippen molar-refractivity contribution in [2.24, 2.45) is 0 Å². The molecule has 0 saturated carbocycles. The van der Waals surface area contributed by atoms with E-state index in [0.29, 0.717) is 0 Å². The Bertz CT molecular complexity index is 620. The normalized spacial score (nSPS) is 23.2. The van der Waals surface area contributed by atoms with Crippen molar-refractivity contribution in [2.75, 3.05) is 24.6 Å². The molecule has 0 bridgehead atoms. The molecule has 1 aromatic carbocycles. The van der Waals surface area contributed by atoms with Crippen LogP contribution in [0.5, 0.6) is 0 Å². The van der Waals surface area contributed by atoms with Crippen molar-refractivity contribution in [3.8, 4) is 0 Å². The minimum Gasteiger partial charge on any atom is -0.400 e. The lowest BCUT2D eigenvalue weighted by Crippen LogP contribution is -2.41. The number of piperidine rings is 1. The average Bonchev–Trinajstić information content (AvgIpc) is 2.81. The summed E-state index contributed by atoms with van der Waals surface area (Å²) in [5.74, 6) is 0. The van der Waals surface area contributed by atoms with Gasteiger partial charge in [-0.2, -0.15) is 0 Å². The fraction of sp³-hybridized carbons (Fsp3) is 0.600. The molecule has 0 spiro atoms. The van der Waals surface area contributed by atoms with E-state index in [1.165, 1.54) is 24.9 Å². The second-order valence-corrected chi connectivity index (χ2v) is 8.11.